The standard InChI is InChI=1S/C13H22O/c1-5-7-12(14)13(4)9-6-8-10(2)11(13)3/h5,12,14H,1,6-9H2,2-4H3. The van der Waals surface area contributed by atoms with Crippen LogP contribution in [0.1, 0.15) is 46.5 Å². The second-order valence-corrected chi connectivity index (χ2v) is 4.72. The predicted octanol–water partition coefficient (Wildman–Crippen LogP) is 3.45. The van der Waals surface area contributed by atoms with Gasteiger partial charge in [-0.05, 0) is 39.5 Å². The Morgan fingerprint density at radius 3 is 2.79 bits per heavy atom. The summed E-state index contributed by atoms with van der Waals surface area (Å²) >= 11 is 0. The molecule has 1 N–H and O–H groups in total. The summed E-state index contributed by atoms with van der Waals surface area (Å²) < 4.78 is 0. The van der Waals surface area contributed by atoms with Gasteiger partial charge < -0.3 is 5.11 Å². The maximum Gasteiger partial charge on any atom is 0.0665 e. The molecule has 0 aromatic carbocycles. The van der Waals surface area contributed by atoms with Crippen molar-refractivity contribution in [3.8, 4) is 0 Å². The molecule has 0 fully saturated rings. The Bertz CT molecular complexity index is 252. The molecule has 0 amide bonds. The van der Waals surface area contributed by atoms with Crippen LogP contribution in [-0.4, -0.2) is 11.2 Å². The zero-order valence-electron chi connectivity index (χ0n) is 9.64. The van der Waals surface area contributed by atoms with E-state index in [0.717, 1.165) is 6.42 Å². The lowest BCUT2D eigenvalue weighted by Gasteiger charge is -2.39. The highest BCUT2D eigenvalue weighted by Gasteiger charge is 2.36. The van der Waals surface area contributed by atoms with E-state index < -0.39 is 0 Å². The molecule has 14 heavy (non-hydrogen) atoms. The molecular formula is C13H22O. The Morgan fingerprint density at radius 2 is 2.21 bits per heavy atom. The molecule has 0 aromatic rings. The van der Waals surface area contributed by atoms with Crippen molar-refractivity contribution in [1.29, 1.82) is 0 Å². The summed E-state index contributed by atoms with van der Waals surface area (Å²) in [5, 5.41) is 10.1. The number of aliphatic hydroxyl groups excluding tert-OH is 1. The summed E-state index contributed by atoms with van der Waals surface area (Å²) in [5.74, 6) is 0. The molecule has 0 aliphatic heterocycles. The highest BCUT2D eigenvalue weighted by atomic mass is 16.3. The van der Waals surface area contributed by atoms with Gasteiger partial charge in [-0.1, -0.05) is 24.1 Å². The summed E-state index contributed by atoms with van der Waals surface area (Å²) in [7, 11) is 0. The van der Waals surface area contributed by atoms with Gasteiger partial charge in [-0.15, -0.1) is 6.58 Å². The van der Waals surface area contributed by atoms with E-state index in [4.69, 9.17) is 0 Å². The third-order valence-electron chi connectivity index (χ3n) is 3.87. The summed E-state index contributed by atoms with van der Waals surface area (Å²) in [6.45, 7) is 10.2. The molecule has 1 heteroatoms. The summed E-state index contributed by atoms with van der Waals surface area (Å²) in [6.07, 6.45) is 5.74. The molecule has 0 aromatic heterocycles. The quantitative estimate of drug-likeness (QED) is 0.682. The highest BCUT2D eigenvalue weighted by Crippen LogP contribution is 2.43. The second-order valence-electron chi connectivity index (χ2n) is 4.72. The van der Waals surface area contributed by atoms with E-state index in [0.29, 0.717) is 6.42 Å². The second kappa shape index (κ2) is 4.31. The fourth-order valence-electron chi connectivity index (χ4n) is 2.42. The average Bonchev–Trinajstić information content (AvgIpc) is 2.14. The first-order chi connectivity index (χ1) is 6.52. The van der Waals surface area contributed by atoms with Crippen molar-refractivity contribution in [2.45, 2.75) is 52.6 Å². The molecule has 0 saturated carbocycles. The van der Waals surface area contributed by atoms with Gasteiger partial charge >= 0.3 is 0 Å². The Hall–Kier alpha value is -0.560. The van der Waals surface area contributed by atoms with Crippen LogP contribution in [0.25, 0.3) is 0 Å². The SMILES string of the molecule is C=CCC(O)C1(C)CCCC(C)=C1C. The van der Waals surface area contributed by atoms with Crippen LogP contribution < -0.4 is 0 Å². The molecule has 0 heterocycles. The fraction of sp³-hybridized carbons (Fsp3) is 0.692. The number of hydrogen-bond donors (Lipinski definition) is 1. The Labute approximate surface area is 87.5 Å². The van der Waals surface area contributed by atoms with Crippen LogP contribution in [0.4, 0.5) is 0 Å². The predicted molar refractivity (Wildman–Crippen MR) is 61.2 cm³/mol. The van der Waals surface area contributed by atoms with Crippen molar-refractivity contribution in [3.05, 3.63) is 23.8 Å². The van der Waals surface area contributed by atoms with Gasteiger partial charge in [0.1, 0.15) is 0 Å². The molecule has 1 aliphatic rings. The van der Waals surface area contributed by atoms with E-state index in [1.54, 1.807) is 0 Å². The molecular weight excluding hydrogens is 172 g/mol. The number of aliphatic hydroxyl groups is 1. The number of hydrogen-bond acceptors (Lipinski definition) is 1. The van der Waals surface area contributed by atoms with Crippen molar-refractivity contribution < 1.29 is 5.11 Å². The van der Waals surface area contributed by atoms with Crippen LogP contribution in [0.3, 0.4) is 0 Å². The molecule has 2 atom stereocenters. The lowest BCUT2D eigenvalue weighted by molar-refractivity contribution is 0.0529. The van der Waals surface area contributed by atoms with E-state index in [2.05, 4.69) is 27.4 Å². The van der Waals surface area contributed by atoms with Gasteiger partial charge in [-0.25, -0.2) is 0 Å². The monoisotopic (exact) mass is 194 g/mol. The minimum atomic E-state index is -0.268. The van der Waals surface area contributed by atoms with Crippen LogP contribution in [0, 0.1) is 5.41 Å². The third-order valence-corrected chi connectivity index (χ3v) is 3.87. The van der Waals surface area contributed by atoms with E-state index in [9.17, 15) is 5.11 Å². The highest BCUT2D eigenvalue weighted by molar-refractivity contribution is 5.23. The average molecular weight is 194 g/mol. The van der Waals surface area contributed by atoms with Crippen molar-refractivity contribution >= 4 is 0 Å². The number of allylic oxidation sites excluding steroid dienone is 1. The third kappa shape index (κ3) is 1.93. The van der Waals surface area contributed by atoms with Crippen molar-refractivity contribution in [2.24, 2.45) is 5.41 Å². The minimum absolute atomic E-state index is 0.0173. The van der Waals surface area contributed by atoms with Crippen LogP contribution in [0.15, 0.2) is 23.8 Å². The van der Waals surface area contributed by atoms with E-state index in [1.165, 1.54) is 24.0 Å². The van der Waals surface area contributed by atoms with Crippen LogP contribution in [0.2, 0.25) is 0 Å². The Balaban J connectivity index is 2.91. The molecule has 0 bridgehead atoms. The van der Waals surface area contributed by atoms with Crippen molar-refractivity contribution in [3.63, 3.8) is 0 Å². The topological polar surface area (TPSA) is 20.2 Å². The first kappa shape index (κ1) is 11.5. The van der Waals surface area contributed by atoms with E-state index in [1.807, 2.05) is 6.08 Å². The molecule has 0 saturated heterocycles. The molecule has 1 rings (SSSR count). The minimum Gasteiger partial charge on any atom is -0.392 e. The van der Waals surface area contributed by atoms with Crippen LogP contribution in [0.5, 0.6) is 0 Å². The van der Waals surface area contributed by atoms with Gasteiger partial charge in [0.2, 0.25) is 0 Å². The Kier molecular flexibility index (Phi) is 3.54. The van der Waals surface area contributed by atoms with Crippen molar-refractivity contribution in [2.75, 3.05) is 0 Å². The van der Waals surface area contributed by atoms with E-state index in [-0.39, 0.29) is 11.5 Å². The number of rotatable bonds is 3. The molecule has 0 spiro atoms. The van der Waals surface area contributed by atoms with Gasteiger partial charge in [-0.2, -0.15) is 0 Å². The van der Waals surface area contributed by atoms with Gasteiger partial charge in [0.05, 0.1) is 6.10 Å². The normalized spacial score (nSPS) is 30.3. The molecule has 80 valence electrons. The smallest absolute Gasteiger partial charge is 0.0665 e. The largest absolute Gasteiger partial charge is 0.392 e. The first-order valence-corrected chi connectivity index (χ1v) is 5.48. The molecule has 2 unspecified atom stereocenters. The van der Waals surface area contributed by atoms with Gasteiger partial charge in [0, 0.05) is 5.41 Å². The van der Waals surface area contributed by atoms with Gasteiger partial charge in [-0.3, -0.25) is 0 Å². The maximum absolute atomic E-state index is 10.1. The zero-order valence-corrected chi connectivity index (χ0v) is 9.64. The lowest BCUT2D eigenvalue weighted by atomic mass is 9.68. The zero-order chi connectivity index (χ0) is 10.8. The molecule has 0 radical (unpaired) electrons. The maximum atomic E-state index is 10.1. The van der Waals surface area contributed by atoms with Gasteiger partial charge in [0.25, 0.3) is 0 Å². The van der Waals surface area contributed by atoms with Crippen LogP contribution >= 0.6 is 0 Å². The molecule has 1 nitrogen and oxygen atoms in total. The molecule has 1 aliphatic carbocycles. The summed E-state index contributed by atoms with van der Waals surface area (Å²) in [6, 6.07) is 0. The first-order valence-electron chi connectivity index (χ1n) is 5.48. The van der Waals surface area contributed by atoms with E-state index >= 15 is 0 Å². The van der Waals surface area contributed by atoms with Crippen molar-refractivity contribution in [1.82, 2.24) is 0 Å². The van der Waals surface area contributed by atoms with Crippen LogP contribution in [-0.2, 0) is 0 Å². The Morgan fingerprint density at radius 1 is 1.57 bits per heavy atom. The lowest BCUT2D eigenvalue weighted by Crippen LogP contribution is -2.35. The fourth-order valence-corrected chi connectivity index (χ4v) is 2.42. The van der Waals surface area contributed by atoms with Gasteiger partial charge in [0.15, 0.2) is 0 Å². The summed E-state index contributed by atoms with van der Waals surface area (Å²) in [5.41, 5.74) is 2.83. The summed E-state index contributed by atoms with van der Waals surface area (Å²) in [4.78, 5) is 0.